The Bertz CT molecular complexity index is 518. The second-order valence-corrected chi connectivity index (χ2v) is 5.03. The second-order valence-electron chi connectivity index (χ2n) is 5.03. The molecular formula is C14H20N2O5. The van der Waals surface area contributed by atoms with Gasteiger partial charge in [0, 0.05) is 12.8 Å². The lowest BCUT2D eigenvalue weighted by atomic mass is 10.0. The van der Waals surface area contributed by atoms with E-state index in [-0.39, 0.29) is 36.2 Å². The zero-order valence-corrected chi connectivity index (χ0v) is 11.7. The number of nitrogens with two attached hydrogens (primary N) is 1. The number of hydrogen-bond donors (Lipinski definition) is 5. The highest BCUT2D eigenvalue weighted by atomic mass is 16.4. The van der Waals surface area contributed by atoms with Gasteiger partial charge in [0.25, 0.3) is 0 Å². The van der Waals surface area contributed by atoms with Crippen LogP contribution >= 0.6 is 0 Å². The van der Waals surface area contributed by atoms with Crippen LogP contribution in [0.15, 0.2) is 18.2 Å². The number of carbonyl (C=O) groups excluding carboxylic acids is 1. The normalized spacial score (nSPS) is 13.4. The molecular weight excluding hydrogens is 276 g/mol. The number of amides is 1. The van der Waals surface area contributed by atoms with Gasteiger partial charge in [0.15, 0.2) is 11.5 Å². The maximum absolute atomic E-state index is 11.7. The second kappa shape index (κ2) is 7.49. The largest absolute Gasteiger partial charge is 0.504 e. The van der Waals surface area contributed by atoms with Crippen LogP contribution in [0, 0.1) is 5.92 Å². The molecule has 0 spiro atoms. The summed E-state index contributed by atoms with van der Waals surface area (Å²) in [4.78, 5) is 22.9. The molecule has 7 heteroatoms. The Hall–Kier alpha value is -2.28. The quantitative estimate of drug-likeness (QED) is 0.456. The minimum atomic E-state index is -1.17. The van der Waals surface area contributed by atoms with Gasteiger partial charge in [-0.15, -0.1) is 0 Å². The Morgan fingerprint density at radius 2 is 1.95 bits per heavy atom. The number of aliphatic carboxylic acids is 1. The van der Waals surface area contributed by atoms with E-state index in [9.17, 15) is 19.8 Å². The number of carbonyl (C=O) groups is 2. The van der Waals surface area contributed by atoms with Crippen LogP contribution in [0.25, 0.3) is 0 Å². The summed E-state index contributed by atoms with van der Waals surface area (Å²) in [6.07, 6.45) is 0.160. The van der Waals surface area contributed by atoms with Gasteiger partial charge >= 0.3 is 5.97 Å². The Balaban J connectivity index is 2.71. The highest BCUT2D eigenvalue weighted by Gasteiger charge is 2.21. The van der Waals surface area contributed by atoms with Crippen molar-refractivity contribution in [1.29, 1.82) is 0 Å². The van der Waals surface area contributed by atoms with Gasteiger partial charge in [-0.1, -0.05) is 13.0 Å². The summed E-state index contributed by atoms with van der Waals surface area (Å²) in [5.74, 6) is -2.21. The van der Waals surface area contributed by atoms with E-state index in [0.29, 0.717) is 12.1 Å². The average molecular weight is 296 g/mol. The van der Waals surface area contributed by atoms with E-state index in [2.05, 4.69) is 5.32 Å². The molecule has 7 nitrogen and oxygen atoms in total. The number of phenols is 2. The molecule has 6 N–H and O–H groups in total. The molecule has 0 saturated heterocycles. The van der Waals surface area contributed by atoms with Crippen LogP contribution < -0.4 is 11.1 Å². The number of nitrogens with one attached hydrogen (secondary N) is 1. The molecule has 0 heterocycles. The molecule has 0 bridgehead atoms. The van der Waals surface area contributed by atoms with Gasteiger partial charge < -0.3 is 26.4 Å². The fourth-order valence-electron chi connectivity index (χ4n) is 1.78. The number of carboxylic acid groups (broad SMARTS) is 1. The summed E-state index contributed by atoms with van der Waals surface area (Å²) in [6, 6.07) is 2.91. The highest BCUT2D eigenvalue weighted by Crippen LogP contribution is 2.25. The van der Waals surface area contributed by atoms with Crippen molar-refractivity contribution in [2.75, 3.05) is 6.54 Å². The standard InChI is InChI=1S/C14H20N2O5/c1-8(7-15)4-13(19)16-10(14(20)21)5-9-2-3-11(17)12(18)6-9/h2-3,6,8,10,17-18H,4-5,7,15H2,1H3,(H,16,19)(H,20,21). The minimum Gasteiger partial charge on any atom is -0.504 e. The average Bonchev–Trinajstić information content (AvgIpc) is 2.41. The number of benzene rings is 1. The summed E-state index contributed by atoms with van der Waals surface area (Å²) in [7, 11) is 0. The van der Waals surface area contributed by atoms with Crippen molar-refractivity contribution in [3.8, 4) is 11.5 Å². The molecule has 0 aliphatic heterocycles. The predicted octanol–water partition coefficient (Wildman–Crippen LogP) is 0.195. The van der Waals surface area contributed by atoms with Crippen LogP contribution in [0.4, 0.5) is 0 Å². The first-order valence-electron chi connectivity index (χ1n) is 6.56. The van der Waals surface area contributed by atoms with Crippen LogP contribution in [0.5, 0.6) is 11.5 Å². The highest BCUT2D eigenvalue weighted by molar-refractivity contribution is 5.83. The first kappa shape index (κ1) is 16.8. The van der Waals surface area contributed by atoms with E-state index in [0.717, 1.165) is 0 Å². The lowest BCUT2D eigenvalue weighted by Crippen LogP contribution is -2.43. The van der Waals surface area contributed by atoms with E-state index in [4.69, 9.17) is 10.8 Å². The molecule has 0 aliphatic rings. The van der Waals surface area contributed by atoms with Crippen molar-refractivity contribution in [3.63, 3.8) is 0 Å². The minimum absolute atomic E-state index is 0.00587. The molecule has 1 rings (SSSR count). The monoisotopic (exact) mass is 296 g/mol. The Kier molecular flexibility index (Phi) is 5.98. The summed E-state index contributed by atoms with van der Waals surface area (Å²) >= 11 is 0. The summed E-state index contributed by atoms with van der Waals surface area (Å²) in [5, 5.41) is 30.2. The van der Waals surface area contributed by atoms with Gasteiger partial charge in [0.05, 0.1) is 0 Å². The number of hydrogen-bond acceptors (Lipinski definition) is 5. The van der Waals surface area contributed by atoms with Gasteiger partial charge in [-0.05, 0) is 30.2 Å². The molecule has 0 fully saturated rings. The molecule has 116 valence electrons. The van der Waals surface area contributed by atoms with Crippen LogP contribution in [-0.2, 0) is 16.0 Å². The summed E-state index contributed by atoms with van der Waals surface area (Å²) in [6.45, 7) is 2.14. The van der Waals surface area contributed by atoms with E-state index in [1.165, 1.54) is 18.2 Å². The molecule has 2 unspecified atom stereocenters. The fourth-order valence-corrected chi connectivity index (χ4v) is 1.78. The van der Waals surface area contributed by atoms with Crippen LogP contribution in [0.1, 0.15) is 18.9 Å². The predicted molar refractivity (Wildman–Crippen MR) is 75.9 cm³/mol. The van der Waals surface area contributed by atoms with Gasteiger partial charge in [-0.3, -0.25) is 4.79 Å². The smallest absolute Gasteiger partial charge is 0.326 e. The zero-order chi connectivity index (χ0) is 16.0. The van der Waals surface area contributed by atoms with Crippen LogP contribution in [0.3, 0.4) is 0 Å². The van der Waals surface area contributed by atoms with Gasteiger partial charge in [0.2, 0.25) is 5.91 Å². The Morgan fingerprint density at radius 3 is 2.48 bits per heavy atom. The van der Waals surface area contributed by atoms with E-state index in [1.807, 2.05) is 0 Å². The number of aromatic hydroxyl groups is 2. The maximum Gasteiger partial charge on any atom is 0.326 e. The van der Waals surface area contributed by atoms with Crippen molar-refractivity contribution in [2.45, 2.75) is 25.8 Å². The number of rotatable bonds is 7. The van der Waals surface area contributed by atoms with E-state index >= 15 is 0 Å². The lowest BCUT2D eigenvalue weighted by molar-refractivity contribution is -0.141. The molecule has 0 aromatic heterocycles. The zero-order valence-electron chi connectivity index (χ0n) is 11.7. The van der Waals surface area contributed by atoms with Crippen molar-refractivity contribution in [1.82, 2.24) is 5.32 Å². The molecule has 0 radical (unpaired) electrons. The van der Waals surface area contributed by atoms with Gasteiger partial charge in [0.1, 0.15) is 6.04 Å². The Labute approximate surface area is 122 Å². The number of carboxylic acids is 1. The van der Waals surface area contributed by atoms with Gasteiger partial charge in [-0.2, -0.15) is 0 Å². The topological polar surface area (TPSA) is 133 Å². The van der Waals surface area contributed by atoms with Crippen molar-refractivity contribution in [3.05, 3.63) is 23.8 Å². The molecule has 0 aliphatic carbocycles. The molecule has 0 saturated carbocycles. The molecule has 1 aromatic carbocycles. The summed E-state index contributed by atoms with van der Waals surface area (Å²) in [5.41, 5.74) is 5.91. The van der Waals surface area contributed by atoms with E-state index < -0.39 is 12.0 Å². The van der Waals surface area contributed by atoms with E-state index in [1.54, 1.807) is 6.92 Å². The third kappa shape index (κ3) is 5.31. The molecule has 1 aromatic rings. The van der Waals surface area contributed by atoms with Crippen LogP contribution in [-0.4, -0.2) is 39.8 Å². The SMILES string of the molecule is CC(CN)CC(=O)NC(Cc1ccc(O)c(O)c1)C(=O)O. The number of phenolic OH excluding ortho intramolecular Hbond substituents is 2. The fraction of sp³-hybridized carbons (Fsp3) is 0.429. The van der Waals surface area contributed by atoms with Crippen LogP contribution in [0.2, 0.25) is 0 Å². The summed E-state index contributed by atoms with van der Waals surface area (Å²) < 4.78 is 0. The Morgan fingerprint density at radius 1 is 1.29 bits per heavy atom. The first-order chi connectivity index (χ1) is 9.83. The van der Waals surface area contributed by atoms with Crippen molar-refractivity contribution in [2.24, 2.45) is 11.7 Å². The maximum atomic E-state index is 11.7. The third-order valence-corrected chi connectivity index (χ3v) is 3.05. The first-order valence-corrected chi connectivity index (χ1v) is 6.56. The van der Waals surface area contributed by atoms with Gasteiger partial charge in [-0.25, -0.2) is 4.79 Å². The molecule has 2 atom stereocenters. The lowest BCUT2D eigenvalue weighted by Gasteiger charge is -2.16. The van der Waals surface area contributed by atoms with Crippen molar-refractivity contribution < 1.29 is 24.9 Å². The van der Waals surface area contributed by atoms with Crippen molar-refractivity contribution >= 4 is 11.9 Å². The molecule has 1 amide bonds. The third-order valence-electron chi connectivity index (χ3n) is 3.05. The molecule has 21 heavy (non-hydrogen) atoms.